The van der Waals surface area contributed by atoms with E-state index < -0.39 is 5.97 Å². The topological polar surface area (TPSA) is 70.8 Å². The Kier molecular flexibility index (Phi) is 5.62. The number of carbonyl (C=O) groups excluding carboxylic acids is 1. The summed E-state index contributed by atoms with van der Waals surface area (Å²) >= 11 is 1.33. The van der Waals surface area contributed by atoms with E-state index in [4.69, 9.17) is 9.52 Å². The summed E-state index contributed by atoms with van der Waals surface area (Å²) in [5.74, 6) is 0.613. The molecule has 1 aromatic heterocycles. The molecule has 0 saturated heterocycles. The van der Waals surface area contributed by atoms with Crippen molar-refractivity contribution < 1.29 is 19.1 Å². The summed E-state index contributed by atoms with van der Waals surface area (Å²) in [5.41, 5.74) is 0. The fourth-order valence-electron chi connectivity index (χ4n) is 1.15. The second kappa shape index (κ2) is 7.01. The first-order valence-electron chi connectivity index (χ1n) is 5.15. The molecule has 0 radical (unpaired) electrons. The van der Waals surface area contributed by atoms with Crippen molar-refractivity contribution in [3.63, 3.8) is 0 Å². The Hall–Kier alpha value is -1.43. The van der Waals surface area contributed by atoms with Crippen LogP contribution in [0.4, 0.5) is 0 Å². The number of rotatable bonds is 7. The molecule has 1 aromatic rings. The largest absolute Gasteiger partial charge is 0.481 e. The number of amides is 1. The molecule has 0 aromatic carbocycles. The Bertz CT molecular complexity index is 364. The van der Waals surface area contributed by atoms with Gasteiger partial charge in [-0.1, -0.05) is 0 Å². The summed E-state index contributed by atoms with van der Waals surface area (Å²) in [7, 11) is 1.70. The van der Waals surface area contributed by atoms with E-state index in [1.54, 1.807) is 30.3 Å². The lowest BCUT2D eigenvalue weighted by Crippen LogP contribution is -2.27. The molecule has 0 fully saturated rings. The van der Waals surface area contributed by atoms with Gasteiger partial charge in [-0.25, -0.2) is 0 Å². The van der Waals surface area contributed by atoms with Crippen molar-refractivity contribution in [1.29, 1.82) is 0 Å². The first-order chi connectivity index (χ1) is 8.09. The zero-order valence-corrected chi connectivity index (χ0v) is 10.4. The Balaban J connectivity index is 2.20. The van der Waals surface area contributed by atoms with Crippen LogP contribution in [0.2, 0.25) is 0 Å². The molecule has 0 spiro atoms. The third kappa shape index (κ3) is 5.44. The molecule has 94 valence electrons. The molecule has 17 heavy (non-hydrogen) atoms. The molecule has 0 aliphatic rings. The van der Waals surface area contributed by atoms with Gasteiger partial charge in [0.15, 0.2) is 0 Å². The Morgan fingerprint density at radius 1 is 1.53 bits per heavy atom. The van der Waals surface area contributed by atoms with Crippen LogP contribution in [0.1, 0.15) is 12.2 Å². The average molecular weight is 257 g/mol. The number of carboxylic acid groups (broad SMARTS) is 1. The predicted molar refractivity (Wildman–Crippen MR) is 64.8 cm³/mol. The monoisotopic (exact) mass is 257 g/mol. The molecule has 0 bridgehead atoms. The van der Waals surface area contributed by atoms with E-state index in [1.807, 2.05) is 0 Å². The molecule has 5 nitrogen and oxygen atoms in total. The minimum absolute atomic E-state index is 0.0308. The molecular weight excluding hydrogens is 242 g/mol. The summed E-state index contributed by atoms with van der Waals surface area (Å²) in [4.78, 5) is 23.5. The normalized spacial score (nSPS) is 10.2. The number of nitrogens with zero attached hydrogens (tertiary/aromatic N) is 1. The Labute approximate surface area is 104 Å². The summed E-state index contributed by atoms with van der Waals surface area (Å²) in [6.07, 6.45) is 1.65. The molecule has 0 saturated carbocycles. The van der Waals surface area contributed by atoms with Crippen LogP contribution in [-0.4, -0.2) is 40.4 Å². The second-order valence-corrected chi connectivity index (χ2v) is 4.63. The van der Waals surface area contributed by atoms with Crippen molar-refractivity contribution in [1.82, 2.24) is 4.90 Å². The molecule has 6 heteroatoms. The van der Waals surface area contributed by atoms with E-state index in [1.165, 1.54) is 11.8 Å². The van der Waals surface area contributed by atoms with E-state index in [-0.39, 0.29) is 12.3 Å². The first kappa shape index (κ1) is 13.6. The van der Waals surface area contributed by atoms with Crippen molar-refractivity contribution in [2.45, 2.75) is 13.0 Å². The van der Waals surface area contributed by atoms with Gasteiger partial charge >= 0.3 is 5.97 Å². The Morgan fingerprint density at radius 2 is 2.29 bits per heavy atom. The van der Waals surface area contributed by atoms with E-state index in [0.29, 0.717) is 18.1 Å². The molecule has 1 amide bonds. The highest BCUT2D eigenvalue weighted by Gasteiger charge is 2.10. The van der Waals surface area contributed by atoms with Crippen LogP contribution >= 0.6 is 11.8 Å². The zero-order chi connectivity index (χ0) is 12.7. The van der Waals surface area contributed by atoms with Crippen LogP contribution < -0.4 is 0 Å². The maximum Gasteiger partial charge on any atom is 0.304 e. The standard InChI is InChI=1S/C11H15NO4S/c1-12(7-9-3-2-5-16-9)10(13)8-17-6-4-11(14)15/h2-3,5H,4,6-8H2,1H3,(H,14,15). The van der Waals surface area contributed by atoms with Gasteiger partial charge in [-0.15, -0.1) is 0 Å². The molecule has 1 N–H and O–H groups in total. The SMILES string of the molecule is CN(Cc1ccco1)C(=O)CSCCC(=O)O. The summed E-state index contributed by atoms with van der Waals surface area (Å²) in [5, 5.41) is 8.44. The molecular formula is C11H15NO4S. The average Bonchev–Trinajstić information content (AvgIpc) is 2.76. The number of carbonyl (C=O) groups is 2. The number of hydrogen-bond acceptors (Lipinski definition) is 4. The van der Waals surface area contributed by atoms with Gasteiger partial charge in [0.05, 0.1) is 25.0 Å². The Morgan fingerprint density at radius 3 is 2.88 bits per heavy atom. The van der Waals surface area contributed by atoms with Crippen LogP contribution in [0.15, 0.2) is 22.8 Å². The predicted octanol–water partition coefficient (Wildman–Crippen LogP) is 1.45. The third-order valence-corrected chi connectivity index (χ3v) is 3.03. The first-order valence-corrected chi connectivity index (χ1v) is 6.31. The van der Waals surface area contributed by atoms with Crippen LogP contribution in [0.3, 0.4) is 0 Å². The lowest BCUT2D eigenvalue weighted by molar-refractivity contribution is -0.136. The minimum atomic E-state index is -0.839. The summed E-state index contributed by atoms with van der Waals surface area (Å²) in [6.45, 7) is 0.436. The minimum Gasteiger partial charge on any atom is -0.481 e. The number of hydrogen-bond donors (Lipinski definition) is 1. The molecule has 0 aliphatic carbocycles. The van der Waals surface area contributed by atoms with Gasteiger partial charge in [0.25, 0.3) is 0 Å². The lowest BCUT2D eigenvalue weighted by atomic mass is 10.4. The van der Waals surface area contributed by atoms with Crippen molar-refractivity contribution in [3.8, 4) is 0 Å². The van der Waals surface area contributed by atoms with Crippen LogP contribution in [0.25, 0.3) is 0 Å². The molecule has 0 unspecified atom stereocenters. The van der Waals surface area contributed by atoms with Crippen molar-refractivity contribution >= 4 is 23.6 Å². The molecule has 1 rings (SSSR count). The van der Waals surface area contributed by atoms with E-state index in [2.05, 4.69) is 0 Å². The van der Waals surface area contributed by atoms with Gasteiger partial charge < -0.3 is 14.4 Å². The summed E-state index contributed by atoms with van der Waals surface area (Å²) in [6, 6.07) is 3.58. The van der Waals surface area contributed by atoms with E-state index >= 15 is 0 Å². The maximum absolute atomic E-state index is 11.6. The number of carboxylic acids is 1. The zero-order valence-electron chi connectivity index (χ0n) is 9.59. The van der Waals surface area contributed by atoms with Crippen molar-refractivity contribution in [2.75, 3.05) is 18.6 Å². The summed E-state index contributed by atoms with van der Waals surface area (Å²) < 4.78 is 5.13. The van der Waals surface area contributed by atoms with Gasteiger partial charge in [0, 0.05) is 12.8 Å². The van der Waals surface area contributed by atoms with Gasteiger partial charge in [-0.3, -0.25) is 9.59 Å². The van der Waals surface area contributed by atoms with Gasteiger partial charge in [0.2, 0.25) is 5.91 Å². The quantitative estimate of drug-likeness (QED) is 0.748. The second-order valence-electron chi connectivity index (χ2n) is 3.53. The highest BCUT2D eigenvalue weighted by Crippen LogP contribution is 2.07. The van der Waals surface area contributed by atoms with Crippen molar-refractivity contribution in [3.05, 3.63) is 24.2 Å². The van der Waals surface area contributed by atoms with E-state index in [9.17, 15) is 9.59 Å². The highest BCUT2D eigenvalue weighted by molar-refractivity contribution is 7.99. The van der Waals surface area contributed by atoms with Gasteiger partial charge in [0.1, 0.15) is 5.76 Å². The van der Waals surface area contributed by atoms with Crippen molar-refractivity contribution in [2.24, 2.45) is 0 Å². The molecule has 1 heterocycles. The van der Waals surface area contributed by atoms with E-state index in [0.717, 1.165) is 5.76 Å². The fraction of sp³-hybridized carbons (Fsp3) is 0.455. The smallest absolute Gasteiger partial charge is 0.304 e. The third-order valence-electron chi connectivity index (χ3n) is 2.08. The van der Waals surface area contributed by atoms with Gasteiger partial charge in [-0.05, 0) is 12.1 Å². The van der Waals surface area contributed by atoms with Crippen LogP contribution in [0.5, 0.6) is 0 Å². The molecule has 0 aliphatic heterocycles. The number of thioether (sulfide) groups is 1. The van der Waals surface area contributed by atoms with Gasteiger partial charge in [-0.2, -0.15) is 11.8 Å². The number of furan rings is 1. The van der Waals surface area contributed by atoms with Crippen LogP contribution in [-0.2, 0) is 16.1 Å². The maximum atomic E-state index is 11.6. The van der Waals surface area contributed by atoms with Crippen LogP contribution in [0, 0.1) is 0 Å². The number of aliphatic carboxylic acids is 1. The molecule has 0 atom stereocenters. The highest BCUT2D eigenvalue weighted by atomic mass is 32.2. The lowest BCUT2D eigenvalue weighted by Gasteiger charge is -2.15. The fourth-order valence-corrected chi connectivity index (χ4v) is 2.01.